The molecule has 49 heavy (non-hydrogen) atoms. The average Bonchev–Trinajstić information content (AvgIpc) is 3.10. The van der Waals surface area contributed by atoms with Gasteiger partial charge in [0.15, 0.2) is 12.0 Å². The van der Waals surface area contributed by atoms with E-state index in [9.17, 15) is 14.5 Å². The molecule has 5 rings (SSSR count). The summed E-state index contributed by atoms with van der Waals surface area (Å²) in [5, 5.41) is 5.83. The molecule has 5 unspecified atom stereocenters. The van der Waals surface area contributed by atoms with E-state index < -0.39 is 41.3 Å². The van der Waals surface area contributed by atoms with Gasteiger partial charge in [-0.25, -0.2) is 8.78 Å². The molecule has 0 radical (unpaired) electrons. The van der Waals surface area contributed by atoms with E-state index in [1.54, 1.807) is 13.8 Å². The van der Waals surface area contributed by atoms with Crippen LogP contribution in [0.5, 0.6) is 0 Å². The van der Waals surface area contributed by atoms with Gasteiger partial charge in [-0.15, -0.1) is 4.91 Å². The number of hydrogen-bond acceptors (Lipinski definition) is 9. The van der Waals surface area contributed by atoms with Crippen LogP contribution < -0.4 is 16.0 Å². The third kappa shape index (κ3) is 7.78. The first kappa shape index (κ1) is 36.7. The minimum absolute atomic E-state index is 0.0587. The number of carbonyl (C=O) groups excluding carboxylic acids is 2. The van der Waals surface area contributed by atoms with E-state index in [4.69, 9.17) is 10.5 Å². The standard InChI is InChI=1S/C36H51F2N7O4/c1-5-27(37)19-36(4,26-9-7-6-8-10-26)24(2)30(32(39)42-48)33(46)41-29-21-40-20-28(38)31(29)43-13-11-25(12-14-43)34(47)44-15-17-45(18-16-44)35(3)22-49-23-35/h6-10,20-21,24-25,27,30,32H,5,11-19,22-23,39H2,1-4H3,(H,41,46). The molecular weight excluding hydrogens is 632 g/mol. The summed E-state index contributed by atoms with van der Waals surface area (Å²) in [6, 6.07) is 9.30. The van der Waals surface area contributed by atoms with Gasteiger partial charge in [0.25, 0.3) is 0 Å². The fourth-order valence-corrected chi connectivity index (χ4v) is 7.84. The molecular formula is C36H51F2N7O4. The minimum atomic E-state index is -1.43. The van der Waals surface area contributed by atoms with E-state index in [-0.39, 0.29) is 41.6 Å². The lowest BCUT2D eigenvalue weighted by Crippen LogP contribution is -2.65. The number of benzene rings is 1. The van der Waals surface area contributed by atoms with Gasteiger partial charge in [0, 0.05) is 45.2 Å². The van der Waals surface area contributed by atoms with Gasteiger partial charge >= 0.3 is 0 Å². The van der Waals surface area contributed by atoms with Crippen molar-refractivity contribution in [2.75, 3.05) is 62.7 Å². The Morgan fingerprint density at radius 1 is 1.12 bits per heavy atom. The molecule has 0 aliphatic carbocycles. The molecule has 2 amide bonds. The third-order valence-corrected chi connectivity index (χ3v) is 11.3. The van der Waals surface area contributed by atoms with Crippen LogP contribution in [0.1, 0.15) is 58.9 Å². The number of carbonyl (C=O) groups is 2. The van der Waals surface area contributed by atoms with E-state index >= 15 is 8.78 Å². The Hall–Kier alpha value is -3.55. The molecule has 3 fully saturated rings. The molecule has 0 saturated carbocycles. The number of ether oxygens (including phenoxy) is 1. The molecule has 11 nitrogen and oxygen atoms in total. The molecule has 3 aliphatic heterocycles. The van der Waals surface area contributed by atoms with Gasteiger partial charge in [-0.05, 0) is 49.5 Å². The molecule has 13 heteroatoms. The van der Waals surface area contributed by atoms with Crippen LogP contribution in [0.3, 0.4) is 0 Å². The van der Waals surface area contributed by atoms with Gasteiger partial charge in [-0.3, -0.25) is 19.5 Å². The zero-order chi connectivity index (χ0) is 35.3. The van der Waals surface area contributed by atoms with Gasteiger partial charge < -0.3 is 25.6 Å². The fraction of sp³-hybridized carbons (Fsp3) is 0.639. The number of rotatable bonds is 13. The first-order valence-corrected chi connectivity index (χ1v) is 17.5. The number of pyridine rings is 1. The highest BCUT2D eigenvalue weighted by atomic mass is 19.1. The number of nitrogens with zero attached hydrogens (tertiary/aromatic N) is 5. The molecule has 4 heterocycles. The molecule has 1 aromatic carbocycles. The Kier molecular flexibility index (Phi) is 11.7. The van der Waals surface area contributed by atoms with Crippen molar-refractivity contribution in [1.82, 2.24) is 14.8 Å². The Morgan fingerprint density at radius 3 is 2.35 bits per heavy atom. The minimum Gasteiger partial charge on any atom is -0.377 e. The van der Waals surface area contributed by atoms with Gasteiger partial charge in [-0.1, -0.05) is 56.3 Å². The highest BCUT2D eigenvalue weighted by molar-refractivity contribution is 5.96. The zero-order valence-corrected chi connectivity index (χ0v) is 29.1. The van der Waals surface area contributed by atoms with Crippen molar-refractivity contribution in [3.05, 3.63) is 59.0 Å². The molecule has 0 bridgehead atoms. The summed E-state index contributed by atoms with van der Waals surface area (Å²) in [6.07, 6.45) is 1.34. The first-order valence-electron chi connectivity index (χ1n) is 17.5. The van der Waals surface area contributed by atoms with Crippen LogP contribution in [0.15, 0.2) is 47.9 Å². The lowest BCUT2D eigenvalue weighted by Gasteiger charge is -2.50. The van der Waals surface area contributed by atoms with Gasteiger partial charge in [0.05, 0.1) is 42.8 Å². The van der Waals surface area contributed by atoms with E-state index in [1.807, 2.05) is 47.1 Å². The Morgan fingerprint density at radius 2 is 1.78 bits per heavy atom. The SMILES string of the molecule is CCC(F)CC(C)(c1ccccc1)C(C)C(C(=O)Nc1cncc(F)c1N1CCC(C(=O)N2CCN(C3(C)COC3)CC2)CC1)C(N)N=O. The number of hydrogen-bond donors (Lipinski definition) is 2. The third-order valence-electron chi connectivity index (χ3n) is 11.3. The summed E-state index contributed by atoms with van der Waals surface area (Å²) >= 11 is 0. The second kappa shape index (κ2) is 15.6. The van der Waals surface area contributed by atoms with E-state index in [0.29, 0.717) is 39.0 Å². The summed E-state index contributed by atoms with van der Waals surface area (Å²) in [4.78, 5) is 49.5. The number of amides is 2. The van der Waals surface area contributed by atoms with Crippen LogP contribution in [0, 0.1) is 28.5 Å². The van der Waals surface area contributed by atoms with Crippen LogP contribution in [0.25, 0.3) is 0 Å². The normalized spacial score (nSPS) is 22.3. The van der Waals surface area contributed by atoms with Crippen molar-refractivity contribution in [3.8, 4) is 0 Å². The number of piperazine rings is 1. The van der Waals surface area contributed by atoms with E-state index in [2.05, 4.69) is 27.3 Å². The van der Waals surface area contributed by atoms with Crippen molar-refractivity contribution in [2.45, 2.75) is 76.7 Å². The molecule has 1 aromatic heterocycles. The maximum Gasteiger partial charge on any atom is 0.231 e. The number of nitroso groups, excluding NO2 is 1. The fourth-order valence-electron chi connectivity index (χ4n) is 7.84. The summed E-state index contributed by atoms with van der Waals surface area (Å²) in [5.41, 5.74) is 6.47. The second-order valence-electron chi connectivity index (χ2n) is 14.5. The first-order chi connectivity index (χ1) is 23.4. The zero-order valence-electron chi connectivity index (χ0n) is 29.1. The van der Waals surface area contributed by atoms with Crippen molar-refractivity contribution in [2.24, 2.45) is 28.7 Å². The average molecular weight is 684 g/mol. The topological polar surface area (TPSA) is 133 Å². The van der Waals surface area contributed by atoms with Crippen LogP contribution >= 0.6 is 0 Å². The monoisotopic (exact) mass is 683 g/mol. The Balaban J connectivity index is 1.29. The van der Waals surface area contributed by atoms with Crippen LogP contribution in [-0.2, 0) is 19.7 Å². The van der Waals surface area contributed by atoms with Gasteiger partial charge in [0.1, 0.15) is 11.9 Å². The second-order valence-corrected chi connectivity index (χ2v) is 14.5. The van der Waals surface area contributed by atoms with Crippen LogP contribution in [0.4, 0.5) is 20.2 Å². The number of anilines is 2. The molecule has 3 N–H and O–H groups in total. The van der Waals surface area contributed by atoms with E-state index in [0.717, 1.165) is 38.1 Å². The molecule has 0 spiro atoms. The largest absolute Gasteiger partial charge is 0.377 e. The van der Waals surface area contributed by atoms with Crippen LogP contribution in [0.2, 0.25) is 0 Å². The maximum atomic E-state index is 15.5. The number of halogens is 2. The van der Waals surface area contributed by atoms with E-state index in [1.165, 1.54) is 6.20 Å². The number of nitrogens with one attached hydrogen (secondary N) is 1. The lowest BCUT2D eigenvalue weighted by molar-refractivity contribution is -0.152. The van der Waals surface area contributed by atoms with Crippen molar-refractivity contribution in [1.29, 1.82) is 0 Å². The Bertz CT molecular complexity index is 1450. The van der Waals surface area contributed by atoms with Gasteiger partial charge in [-0.2, -0.15) is 0 Å². The number of aromatic nitrogens is 1. The molecule has 2 aromatic rings. The quantitative estimate of drug-likeness (QED) is 0.290. The smallest absolute Gasteiger partial charge is 0.231 e. The number of alkyl halides is 1. The predicted octanol–water partition coefficient (Wildman–Crippen LogP) is 4.71. The molecule has 3 saturated heterocycles. The molecule has 268 valence electrons. The highest BCUT2D eigenvalue weighted by Crippen LogP contribution is 2.43. The highest BCUT2D eigenvalue weighted by Gasteiger charge is 2.45. The Labute approximate surface area is 287 Å². The number of nitrogens with two attached hydrogens (primary N) is 1. The van der Waals surface area contributed by atoms with Crippen molar-refractivity contribution in [3.63, 3.8) is 0 Å². The van der Waals surface area contributed by atoms with Crippen molar-refractivity contribution < 1.29 is 23.1 Å². The predicted molar refractivity (Wildman–Crippen MR) is 185 cm³/mol. The molecule has 3 aliphatic rings. The lowest BCUT2D eigenvalue weighted by atomic mass is 9.64. The summed E-state index contributed by atoms with van der Waals surface area (Å²) < 4.78 is 35.9. The summed E-state index contributed by atoms with van der Waals surface area (Å²) in [7, 11) is 0. The van der Waals surface area contributed by atoms with Crippen LogP contribution in [-0.4, -0.2) is 97.0 Å². The van der Waals surface area contributed by atoms with Gasteiger partial charge in [0.2, 0.25) is 11.8 Å². The summed E-state index contributed by atoms with van der Waals surface area (Å²) in [6.45, 7) is 12.8. The maximum absolute atomic E-state index is 15.5. The molecule has 5 atom stereocenters. The number of piperidine rings is 1. The summed E-state index contributed by atoms with van der Waals surface area (Å²) in [5.74, 6) is -3.09. The van der Waals surface area contributed by atoms with Crippen molar-refractivity contribution >= 4 is 23.2 Å².